The van der Waals surface area contributed by atoms with Crippen molar-refractivity contribution in [3.8, 4) is 6.07 Å². The Morgan fingerprint density at radius 1 is 1.35 bits per heavy atom. The summed E-state index contributed by atoms with van der Waals surface area (Å²) in [6.45, 7) is 7.47. The summed E-state index contributed by atoms with van der Waals surface area (Å²) in [5.41, 5.74) is 0.582. The van der Waals surface area contributed by atoms with Crippen LogP contribution in [0.2, 0.25) is 0 Å². The van der Waals surface area contributed by atoms with E-state index < -0.39 is 6.10 Å². The average molecular weight is 318 g/mol. The second kappa shape index (κ2) is 9.46. The van der Waals surface area contributed by atoms with Crippen LogP contribution in [-0.2, 0) is 4.74 Å². The van der Waals surface area contributed by atoms with Gasteiger partial charge in [0.2, 0.25) is 0 Å². The fourth-order valence-corrected chi connectivity index (χ4v) is 2.62. The maximum Gasteiger partial charge on any atom is 0.128 e. The smallest absolute Gasteiger partial charge is 0.128 e. The van der Waals surface area contributed by atoms with Gasteiger partial charge in [0.25, 0.3) is 0 Å². The Morgan fingerprint density at radius 3 is 2.74 bits per heavy atom. The Balaban J connectivity index is 1.70. The number of piperazine rings is 1. The van der Waals surface area contributed by atoms with Crippen LogP contribution in [-0.4, -0.2) is 67.0 Å². The highest BCUT2D eigenvalue weighted by Gasteiger charge is 2.20. The van der Waals surface area contributed by atoms with Crippen LogP contribution < -0.4 is 4.90 Å². The van der Waals surface area contributed by atoms with Crippen LogP contribution in [0.4, 0.5) is 5.82 Å². The van der Waals surface area contributed by atoms with Gasteiger partial charge >= 0.3 is 0 Å². The van der Waals surface area contributed by atoms with E-state index in [0.29, 0.717) is 18.7 Å². The number of anilines is 1. The summed E-state index contributed by atoms with van der Waals surface area (Å²) in [5.74, 6) is 0.909. The van der Waals surface area contributed by atoms with E-state index >= 15 is 0 Å². The summed E-state index contributed by atoms with van der Waals surface area (Å²) in [5, 5.41) is 18.8. The lowest BCUT2D eigenvalue weighted by Gasteiger charge is -2.36. The number of nitriles is 1. The Morgan fingerprint density at radius 2 is 2.13 bits per heavy atom. The zero-order chi connectivity index (χ0) is 16.5. The van der Waals surface area contributed by atoms with Gasteiger partial charge in [0.15, 0.2) is 0 Å². The van der Waals surface area contributed by atoms with E-state index in [1.807, 2.05) is 6.07 Å². The summed E-state index contributed by atoms with van der Waals surface area (Å²) in [4.78, 5) is 8.80. The first-order valence-corrected chi connectivity index (χ1v) is 8.32. The van der Waals surface area contributed by atoms with Crippen LogP contribution in [0.3, 0.4) is 0 Å². The van der Waals surface area contributed by atoms with Crippen LogP contribution >= 0.6 is 0 Å². The number of hydrogen-bond donors (Lipinski definition) is 1. The zero-order valence-electron chi connectivity index (χ0n) is 13.8. The molecule has 1 atom stereocenters. The first kappa shape index (κ1) is 17.7. The summed E-state index contributed by atoms with van der Waals surface area (Å²) < 4.78 is 5.47. The number of ether oxygens (including phenoxy) is 1. The minimum Gasteiger partial charge on any atom is -0.389 e. The van der Waals surface area contributed by atoms with Crippen molar-refractivity contribution in [3.63, 3.8) is 0 Å². The van der Waals surface area contributed by atoms with Crippen molar-refractivity contribution < 1.29 is 9.84 Å². The Kier molecular flexibility index (Phi) is 7.27. The number of β-amino-alcohol motifs (C(OH)–C–C–N with tert-alkyl or cyclic N) is 1. The average Bonchev–Trinajstić information content (AvgIpc) is 2.59. The molecule has 6 heteroatoms. The van der Waals surface area contributed by atoms with Crippen LogP contribution in [0.1, 0.15) is 25.3 Å². The van der Waals surface area contributed by atoms with Gasteiger partial charge in [-0.2, -0.15) is 5.26 Å². The molecule has 1 aromatic heterocycles. The number of rotatable bonds is 8. The predicted octanol–water partition coefficient (Wildman–Crippen LogP) is 1.25. The molecule has 1 aromatic rings. The van der Waals surface area contributed by atoms with Crippen LogP contribution in [0.5, 0.6) is 0 Å². The molecule has 0 amide bonds. The maximum absolute atomic E-state index is 10.0. The Labute approximate surface area is 138 Å². The second-order valence-corrected chi connectivity index (χ2v) is 5.89. The number of nitrogens with zero attached hydrogens (tertiary/aromatic N) is 4. The molecular formula is C17H26N4O2. The molecule has 2 rings (SSSR count). The summed E-state index contributed by atoms with van der Waals surface area (Å²) >= 11 is 0. The highest BCUT2D eigenvalue weighted by molar-refractivity contribution is 5.42. The second-order valence-electron chi connectivity index (χ2n) is 5.89. The lowest BCUT2D eigenvalue weighted by molar-refractivity contribution is 0.0150. The van der Waals surface area contributed by atoms with Gasteiger partial charge in [-0.25, -0.2) is 4.98 Å². The van der Waals surface area contributed by atoms with Crippen LogP contribution in [0.25, 0.3) is 0 Å². The van der Waals surface area contributed by atoms with Crippen molar-refractivity contribution in [2.75, 3.05) is 50.8 Å². The largest absolute Gasteiger partial charge is 0.389 e. The molecule has 6 nitrogen and oxygen atoms in total. The Bertz CT molecular complexity index is 492. The Hall–Kier alpha value is -1.68. The molecule has 1 fully saturated rings. The normalized spacial score (nSPS) is 17.0. The molecule has 2 heterocycles. The summed E-state index contributed by atoms with van der Waals surface area (Å²) in [6.07, 6.45) is 3.34. The third-order valence-corrected chi connectivity index (χ3v) is 3.99. The van der Waals surface area contributed by atoms with Crippen molar-refractivity contribution >= 4 is 5.82 Å². The van der Waals surface area contributed by atoms with E-state index in [1.165, 1.54) is 0 Å². The first-order valence-electron chi connectivity index (χ1n) is 8.32. The fourth-order valence-electron chi connectivity index (χ4n) is 2.62. The van der Waals surface area contributed by atoms with Gasteiger partial charge in [0.05, 0.1) is 18.3 Å². The molecule has 23 heavy (non-hydrogen) atoms. The molecule has 0 aromatic carbocycles. The van der Waals surface area contributed by atoms with E-state index in [9.17, 15) is 5.11 Å². The van der Waals surface area contributed by atoms with E-state index in [0.717, 1.165) is 51.4 Å². The van der Waals surface area contributed by atoms with Gasteiger partial charge < -0.3 is 14.7 Å². The lowest BCUT2D eigenvalue weighted by atomic mass is 10.2. The molecule has 0 saturated carbocycles. The number of aromatic nitrogens is 1. The summed E-state index contributed by atoms with van der Waals surface area (Å²) in [7, 11) is 0. The van der Waals surface area contributed by atoms with Crippen molar-refractivity contribution in [2.45, 2.75) is 25.9 Å². The number of unbranched alkanes of at least 4 members (excludes halogenated alkanes) is 1. The molecule has 1 unspecified atom stereocenters. The van der Waals surface area contributed by atoms with Gasteiger partial charge in [-0.15, -0.1) is 0 Å². The lowest BCUT2D eigenvalue weighted by Crippen LogP contribution is -2.49. The zero-order valence-corrected chi connectivity index (χ0v) is 13.8. The van der Waals surface area contributed by atoms with Crippen molar-refractivity contribution in [1.82, 2.24) is 9.88 Å². The summed E-state index contributed by atoms with van der Waals surface area (Å²) in [6, 6.07) is 5.77. The van der Waals surface area contributed by atoms with E-state index in [1.54, 1.807) is 12.3 Å². The number of aliphatic hydroxyl groups is 1. The van der Waals surface area contributed by atoms with Crippen molar-refractivity contribution in [3.05, 3.63) is 23.9 Å². The molecule has 126 valence electrons. The molecule has 1 N–H and O–H groups in total. The quantitative estimate of drug-likeness (QED) is 0.727. The standard InChI is InChI=1S/C17H26N4O2/c1-2-3-10-23-14-16(22)13-20-6-8-21(9-7-20)17-5-4-15(11-18)12-19-17/h4-5,12,16,22H,2-3,6-10,13-14H2,1H3. The first-order chi connectivity index (χ1) is 11.2. The SMILES string of the molecule is CCCCOCC(O)CN1CCN(c2ccc(C#N)cn2)CC1. The molecule has 0 aliphatic carbocycles. The van der Waals surface area contributed by atoms with E-state index in [2.05, 4.69) is 27.8 Å². The van der Waals surface area contributed by atoms with Gasteiger partial charge in [-0.1, -0.05) is 13.3 Å². The number of aliphatic hydroxyl groups excluding tert-OH is 1. The molecule has 0 spiro atoms. The predicted molar refractivity (Wildman–Crippen MR) is 89.3 cm³/mol. The van der Waals surface area contributed by atoms with Gasteiger partial charge in [0.1, 0.15) is 11.9 Å². The monoisotopic (exact) mass is 318 g/mol. The van der Waals surface area contributed by atoms with Crippen LogP contribution in [0.15, 0.2) is 18.3 Å². The number of pyridine rings is 1. The minimum absolute atomic E-state index is 0.414. The van der Waals surface area contributed by atoms with Gasteiger partial charge in [-0.05, 0) is 18.6 Å². The highest BCUT2D eigenvalue weighted by atomic mass is 16.5. The third-order valence-electron chi connectivity index (χ3n) is 3.99. The molecular weight excluding hydrogens is 292 g/mol. The molecule has 1 aliphatic heterocycles. The maximum atomic E-state index is 10.0. The molecule has 0 radical (unpaired) electrons. The van der Waals surface area contributed by atoms with Crippen molar-refractivity contribution in [1.29, 1.82) is 5.26 Å². The minimum atomic E-state index is -0.425. The van der Waals surface area contributed by atoms with Gasteiger partial charge in [0, 0.05) is 45.5 Å². The fraction of sp³-hybridized carbons (Fsp3) is 0.647. The van der Waals surface area contributed by atoms with E-state index in [-0.39, 0.29) is 0 Å². The number of hydrogen-bond acceptors (Lipinski definition) is 6. The molecule has 1 aliphatic rings. The molecule has 1 saturated heterocycles. The third kappa shape index (κ3) is 5.79. The highest BCUT2D eigenvalue weighted by Crippen LogP contribution is 2.14. The van der Waals surface area contributed by atoms with Gasteiger partial charge in [-0.3, -0.25) is 4.90 Å². The molecule has 0 bridgehead atoms. The van der Waals surface area contributed by atoms with Crippen molar-refractivity contribution in [2.24, 2.45) is 0 Å². The topological polar surface area (TPSA) is 72.6 Å². The van der Waals surface area contributed by atoms with Crippen LogP contribution in [0, 0.1) is 11.3 Å². The van der Waals surface area contributed by atoms with E-state index in [4.69, 9.17) is 10.00 Å².